The fourth-order valence-corrected chi connectivity index (χ4v) is 2.78. The summed E-state index contributed by atoms with van der Waals surface area (Å²) in [5.41, 5.74) is 6.32. The minimum Gasteiger partial charge on any atom is -0.330 e. The molecule has 0 amide bonds. The molecule has 0 aromatic heterocycles. The highest BCUT2D eigenvalue weighted by atomic mass is 16.1. The third kappa shape index (κ3) is 5.20. The van der Waals surface area contributed by atoms with Crippen molar-refractivity contribution in [1.82, 2.24) is 0 Å². The van der Waals surface area contributed by atoms with Crippen LogP contribution in [-0.4, -0.2) is 12.3 Å². The first kappa shape index (κ1) is 14.7. The molecule has 0 aromatic carbocycles. The average Bonchev–Trinajstić information content (AvgIpc) is 2.27. The maximum atomic E-state index is 12.1. The van der Waals surface area contributed by atoms with E-state index in [4.69, 9.17) is 5.73 Å². The van der Waals surface area contributed by atoms with Crippen LogP contribution in [0.4, 0.5) is 0 Å². The Morgan fingerprint density at radius 3 is 2.24 bits per heavy atom. The molecule has 0 aliphatic heterocycles. The molecule has 0 saturated heterocycles. The number of carbonyl (C=O) groups excluding carboxylic acids is 1. The SMILES string of the molecule is CC(C)(C)CCC(=O)CC1(CN)CCCCC1. The molecule has 1 fully saturated rings. The molecule has 100 valence electrons. The Morgan fingerprint density at radius 1 is 1.18 bits per heavy atom. The van der Waals surface area contributed by atoms with E-state index in [1.165, 1.54) is 19.3 Å². The van der Waals surface area contributed by atoms with E-state index in [9.17, 15) is 4.79 Å². The Balaban J connectivity index is 2.42. The van der Waals surface area contributed by atoms with Crippen molar-refractivity contribution < 1.29 is 4.79 Å². The van der Waals surface area contributed by atoms with Crippen LogP contribution in [0.5, 0.6) is 0 Å². The monoisotopic (exact) mass is 239 g/mol. The molecule has 0 atom stereocenters. The molecule has 0 spiro atoms. The highest BCUT2D eigenvalue weighted by molar-refractivity contribution is 5.79. The lowest BCUT2D eigenvalue weighted by atomic mass is 9.70. The van der Waals surface area contributed by atoms with Crippen LogP contribution in [0.2, 0.25) is 0 Å². The zero-order valence-electron chi connectivity index (χ0n) is 11.8. The van der Waals surface area contributed by atoms with Gasteiger partial charge in [-0.2, -0.15) is 0 Å². The zero-order valence-corrected chi connectivity index (χ0v) is 11.8. The van der Waals surface area contributed by atoms with E-state index in [2.05, 4.69) is 20.8 Å². The lowest BCUT2D eigenvalue weighted by Crippen LogP contribution is -2.35. The molecule has 0 aromatic rings. The summed E-state index contributed by atoms with van der Waals surface area (Å²) in [7, 11) is 0. The number of hydrogen-bond acceptors (Lipinski definition) is 2. The minimum absolute atomic E-state index is 0.146. The Hall–Kier alpha value is -0.370. The predicted octanol–water partition coefficient (Wildman–Crippen LogP) is 3.68. The molecule has 2 heteroatoms. The van der Waals surface area contributed by atoms with Crippen molar-refractivity contribution in [3.8, 4) is 0 Å². The number of Topliss-reactive ketones (excluding diaryl/α,β-unsaturated/α-hetero) is 1. The topological polar surface area (TPSA) is 43.1 Å². The largest absolute Gasteiger partial charge is 0.330 e. The molecule has 0 radical (unpaired) electrons. The smallest absolute Gasteiger partial charge is 0.133 e. The molecular weight excluding hydrogens is 210 g/mol. The van der Waals surface area contributed by atoms with Crippen molar-refractivity contribution in [3.63, 3.8) is 0 Å². The fourth-order valence-electron chi connectivity index (χ4n) is 2.78. The first-order valence-corrected chi connectivity index (χ1v) is 7.09. The lowest BCUT2D eigenvalue weighted by molar-refractivity contribution is -0.122. The Kier molecular flexibility index (Phi) is 5.18. The van der Waals surface area contributed by atoms with Gasteiger partial charge >= 0.3 is 0 Å². The van der Waals surface area contributed by atoms with Gasteiger partial charge in [0.15, 0.2) is 0 Å². The minimum atomic E-state index is 0.146. The number of carbonyl (C=O) groups is 1. The summed E-state index contributed by atoms with van der Waals surface area (Å²) in [5.74, 6) is 0.423. The quantitative estimate of drug-likeness (QED) is 0.795. The molecule has 1 rings (SSSR count). The van der Waals surface area contributed by atoms with Gasteiger partial charge in [0.1, 0.15) is 5.78 Å². The first-order valence-electron chi connectivity index (χ1n) is 7.09. The van der Waals surface area contributed by atoms with E-state index in [0.717, 1.165) is 32.1 Å². The molecule has 1 saturated carbocycles. The van der Waals surface area contributed by atoms with Gasteiger partial charge in [-0.05, 0) is 36.6 Å². The van der Waals surface area contributed by atoms with E-state index in [-0.39, 0.29) is 10.8 Å². The van der Waals surface area contributed by atoms with Crippen LogP contribution >= 0.6 is 0 Å². The first-order chi connectivity index (χ1) is 7.87. The second-order valence-electron chi connectivity index (χ2n) is 7.04. The summed E-state index contributed by atoms with van der Waals surface area (Å²) < 4.78 is 0. The van der Waals surface area contributed by atoms with Crippen molar-refractivity contribution in [3.05, 3.63) is 0 Å². The second kappa shape index (κ2) is 5.99. The van der Waals surface area contributed by atoms with Crippen molar-refractivity contribution in [2.75, 3.05) is 6.54 Å². The summed E-state index contributed by atoms with van der Waals surface area (Å²) in [6.45, 7) is 7.27. The van der Waals surface area contributed by atoms with E-state index < -0.39 is 0 Å². The summed E-state index contributed by atoms with van der Waals surface area (Å²) in [6, 6.07) is 0. The molecule has 0 bridgehead atoms. The van der Waals surface area contributed by atoms with Crippen molar-refractivity contribution in [1.29, 1.82) is 0 Å². The fraction of sp³-hybridized carbons (Fsp3) is 0.933. The predicted molar refractivity (Wildman–Crippen MR) is 72.9 cm³/mol. The third-order valence-corrected chi connectivity index (χ3v) is 4.07. The van der Waals surface area contributed by atoms with Crippen LogP contribution in [0.3, 0.4) is 0 Å². The Bertz CT molecular complexity index is 246. The van der Waals surface area contributed by atoms with Crippen LogP contribution in [0.15, 0.2) is 0 Å². The van der Waals surface area contributed by atoms with E-state index in [1.54, 1.807) is 0 Å². The third-order valence-electron chi connectivity index (χ3n) is 4.07. The van der Waals surface area contributed by atoms with Gasteiger partial charge in [0, 0.05) is 12.8 Å². The van der Waals surface area contributed by atoms with Gasteiger partial charge < -0.3 is 5.73 Å². The maximum absolute atomic E-state index is 12.1. The van der Waals surface area contributed by atoms with Gasteiger partial charge in [-0.15, -0.1) is 0 Å². The van der Waals surface area contributed by atoms with E-state index in [0.29, 0.717) is 12.3 Å². The summed E-state index contributed by atoms with van der Waals surface area (Å²) in [5, 5.41) is 0. The van der Waals surface area contributed by atoms with Crippen LogP contribution in [0, 0.1) is 10.8 Å². The van der Waals surface area contributed by atoms with Crippen LogP contribution in [-0.2, 0) is 4.79 Å². The van der Waals surface area contributed by atoms with Gasteiger partial charge in [-0.25, -0.2) is 0 Å². The normalized spacial score (nSPS) is 20.2. The molecular formula is C15H29NO. The Morgan fingerprint density at radius 2 is 1.76 bits per heavy atom. The van der Waals surface area contributed by atoms with Crippen LogP contribution in [0.1, 0.15) is 72.1 Å². The van der Waals surface area contributed by atoms with Gasteiger partial charge in [-0.3, -0.25) is 4.79 Å². The van der Waals surface area contributed by atoms with Crippen LogP contribution in [0.25, 0.3) is 0 Å². The molecule has 1 aliphatic carbocycles. The van der Waals surface area contributed by atoms with Gasteiger partial charge in [-0.1, -0.05) is 40.0 Å². The van der Waals surface area contributed by atoms with Crippen molar-refractivity contribution in [2.24, 2.45) is 16.6 Å². The highest BCUT2D eigenvalue weighted by Gasteiger charge is 2.32. The van der Waals surface area contributed by atoms with E-state index in [1.807, 2.05) is 0 Å². The van der Waals surface area contributed by atoms with Gasteiger partial charge in [0.05, 0.1) is 0 Å². The molecule has 2 N–H and O–H groups in total. The number of hydrogen-bond donors (Lipinski definition) is 1. The summed E-state index contributed by atoms with van der Waals surface area (Å²) in [4.78, 5) is 12.1. The number of ketones is 1. The van der Waals surface area contributed by atoms with Gasteiger partial charge in [0.25, 0.3) is 0 Å². The summed E-state index contributed by atoms with van der Waals surface area (Å²) >= 11 is 0. The molecule has 2 nitrogen and oxygen atoms in total. The summed E-state index contributed by atoms with van der Waals surface area (Å²) in [6.07, 6.45) is 8.58. The number of nitrogens with two attached hydrogens (primary N) is 1. The zero-order chi connectivity index (χ0) is 12.9. The van der Waals surface area contributed by atoms with Crippen molar-refractivity contribution in [2.45, 2.75) is 72.1 Å². The maximum Gasteiger partial charge on any atom is 0.133 e. The highest BCUT2D eigenvalue weighted by Crippen LogP contribution is 2.39. The van der Waals surface area contributed by atoms with Crippen LogP contribution < -0.4 is 5.73 Å². The second-order valence-corrected chi connectivity index (χ2v) is 7.04. The number of rotatable bonds is 5. The molecule has 17 heavy (non-hydrogen) atoms. The lowest BCUT2D eigenvalue weighted by Gasteiger charge is -2.36. The average molecular weight is 239 g/mol. The van der Waals surface area contributed by atoms with E-state index >= 15 is 0 Å². The van der Waals surface area contributed by atoms with Gasteiger partial charge in [0.2, 0.25) is 0 Å². The Labute approximate surface area is 106 Å². The molecule has 0 heterocycles. The molecule has 0 unspecified atom stereocenters. The standard InChI is InChI=1S/C15H29NO/c1-14(2,3)10-7-13(17)11-15(12-16)8-5-4-6-9-15/h4-12,16H2,1-3H3. The molecule has 1 aliphatic rings. The van der Waals surface area contributed by atoms with Crippen molar-refractivity contribution >= 4 is 5.78 Å².